The van der Waals surface area contributed by atoms with Crippen molar-refractivity contribution in [2.45, 2.75) is 69.6 Å². The highest BCUT2D eigenvalue weighted by molar-refractivity contribution is 7.13. The molecule has 65 heavy (non-hydrogen) atoms. The highest BCUT2D eigenvalue weighted by atomic mass is 32.1. The van der Waals surface area contributed by atoms with Gasteiger partial charge in [0.05, 0.1) is 11.1 Å². The molecule has 3 fully saturated rings. The molecule has 0 spiro atoms. The summed E-state index contributed by atoms with van der Waals surface area (Å²) in [5.74, 6) is -4.06. The van der Waals surface area contributed by atoms with Crippen LogP contribution in [0.3, 0.4) is 0 Å². The number of phenolic OH excluding ortho intramolecular Hbond substituents is 1. The van der Waals surface area contributed by atoms with Gasteiger partial charge in [0.2, 0.25) is 17.7 Å². The number of carbonyl (C=O) groups is 7. The Labute approximate surface area is 377 Å². The zero-order valence-electron chi connectivity index (χ0n) is 35.5. The summed E-state index contributed by atoms with van der Waals surface area (Å²) in [7, 11) is 0. The first kappa shape index (κ1) is 43.5. The van der Waals surface area contributed by atoms with Crippen molar-refractivity contribution in [3.05, 3.63) is 99.8 Å². The molecule has 4 N–H and O–H groups in total. The lowest BCUT2D eigenvalue weighted by molar-refractivity contribution is -0.136. The third-order valence-electron chi connectivity index (χ3n) is 13.0. The van der Waals surface area contributed by atoms with Crippen LogP contribution in [-0.2, 0) is 25.7 Å². The number of aromatic nitrogens is 1. The zero-order chi connectivity index (χ0) is 45.4. The Morgan fingerprint density at radius 1 is 0.892 bits per heavy atom. The Bertz CT molecular complexity index is 2560. The summed E-state index contributed by atoms with van der Waals surface area (Å²) >= 11 is 1.20. The van der Waals surface area contributed by atoms with E-state index in [1.807, 2.05) is 23.1 Å². The van der Waals surface area contributed by atoms with E-state index in [9.17, 15) is 43.1 Å². The van der Waals surface area contributed by atoms with E-state index in [0.29, 0.717) is 61.3 Å². The number of aromatic hydroxyl groups is 1. The molecule has 1 aromatic heterocycles. The number of nitrogens with zero attached hydrogens (tertiary/aromatic N) is 6. The first-order chi connectivity index (χ1) is 31.4. The number of rotatable bonds is 13. The van der Waals surface area contributed by atoms with Crippen molar-refractivity contribution < 1.29 is 43.1 Å². The summed E-state index contributed by atoms with van der Waals surface area (Å²) in [6.07, 6.45) is 5.18. The smallest absolute Gasteiger partial charge is 0.264 e. The summed E-state index contributed by atoms with van der Waals surface area (Å²) in [6, 6.07) is 12.0. The minimum Gasteiger partial charge on any atom is -0.508 e. The van der Waals surface area contributed by atoms with Crippen LogP contribution >= 0.6 is 11.3 Å². The minimum atomic E-state index is -1.30. The Morgan fingerprint density at radius 2 is 1.69 bits per heavy atom. The van der Waals surface area contributed by atoms with Crippen molar-refractivity contribution in [2.75, 3.05) is 61.3 Å². The predicted molar refractivity (Wildman–Crippen MR) is 237 cm³/mol. The van der Waals surface area contributed by atoms with Gasteiger partial charge in [-0.25, -0.2) is 9.37 Å². The number of nitrogens with one attached hydrogen (secondary N) is 3. The molecule has 5 aliphatic rings. The van der Waals surface area contributed by atoms with E-state index in [0.717, 1.165) is 67.3 Å². The molecule has 0 bridgehead atoms. The number of amides is 7. The molecule has 3 saturated heterocycles. The van der Waals surface area contributed by atoms with Gasteiger partial charge in [-0.05, 0) is 80.1 Å². The van der Waals surface area contributed by atoms with E-state index in [1.165, 1.54) is 28.5 Å². The maximum atomic E-state index is 14.4. The second-order valence-corrected chi connectivity index (χ2v) is 17.8. The lowest BCUT2D eigenvalue weighted by Crippen LogP contribution is -2.54. The quantitative estimate of drug-likeness (QED) is 0.111. The molecule has 7 amide bonds. The molecule has 2 unspecified atom stereocenters. The molecule has 2 atom stereocenters. The summed E-state index contributed by atoms with van der Waals surface area (Å²) in [4.78, 5) is 105. The second kappa shape index (κ2) is 18.4. The molecule has 9 rings (SSSR count). The number of benzene rings is 3. The van der Waals surface area contributed by atoms with Gasteiger partial charge >= 0.3 is 0 Å². The van der Waals surface area contributed by atoms with Crippen LogP contribution in [0.2, 0.25) is 0 Å². The number of hydrogen-bond donors (Lipinski definition) is 4. The standard InChI is InChI=1S/C46H48FN9O8S/c47-28-8-11-36(57)33(24-28)40(42(61)51-46-49-16-23-65-46)55-26-27-7-9-30(25-32(27)43(55)62)52-17-13-29(14-18-52)53-19-21-54(22-20-53)38(59)6-1-2-15-48-34-5-3-4-31-39(34)45(64)56(44(31)63)35-10-12-37(58)50-41(35)60/h3-5,7-9,11,16,23-25,29,35,40,48,57H,1-2,6,10,12-15,17-22,26H2,(H,49,51,61)(H,50,58,60). The van der Waals surface area contributed by atoms with E-state index in [-0.39, 0.29) is 47.7 Å². The third kappa shape index (κ3) is 8.77. The number of unbranched alkanes of at least 4 members (excludes halogenated alkanes) is 1. The average molecular weight is 906 g/mol. The molecule has 0 radical (unpaired) electrons. The van der Waals surface area contributed by atoms with Gasteiger partial charge in [0.15, 0.2) is 5.13 Å². The number of carbonyl (C=O) groups excluding carboxylic acids is 7. The molecular formula is C46H48FN9O8S. The number of phenols is 1. The number of hydrogen-bond acceptors (Lipinski definition) is 13. The molecule has 4 aromatic rings. The number of piperidine rings is 2. The molecule has 5 aliphatic heterocycles. The van der Waals surface area contributed by atoms with E-state index in [4.69, 9.17) is 0 Å². The van der Waals surface area contributed by atoms with Gasteiger partial charge in [-0.1, -0.05) is 12.1 Å². The summed E-state index contributed by atoms with van der Waals surface area (Å²) in [5.41, 5.74) is 2.98. The SMILES string of the molecule is O=C1CCC(N2C(=O)c3cccc(NCCCCC(=O)N4CCN(C5CCN(c6ccc7c(c6)C(=O)N(C(C(=O)Nc6nccs6)c6cc(F)ccc6O)C7)CC5)CC4)c3C2=O)C(=O)N1. The van der Waals surface area contributed by atoms with Crippen LogP contribution in [0.1, 0.15) is 93.2 Å². The number of piperazine rings is 1. The maximum Gasteiger partial charge on any atom is 0.264 e. The van der Waals surface area contributed by atoms with Crippen molar-refractivity contribution in [3.8, 4) is 5.75 Å². The third-order valence-corrected chi connectivity index (χ3v) is 13.7. The van der Waals surface area contributed by atoms with Crippen LogP contribution < -0.4 is 20.9 Å². The molecule has 338 valence electrons. The highest BCUT2D eigenvalue weighted by Gasteiger charge is 2.46. The Kier molecular flexibility index (Phi) is 12.3. The number of thiazole rings is 1. The van der Waals surface area contributed by atoms with E-state index >= 15 is 0 Å². The number of fused-ring (bicyclic) bond motifs is 2. The van der Waals surface area contributed by atoms with Crippen LogP contribution in [-0.4, -0.2) is 129 Å². The minimum absolute atomic E-state index is 0.0195. The topological polar surface area (TPSA) is 205 Å². The van der Waals surface area contributed by atoms with Crippen LogP contribution in [0.4, 0.5) is 20.9 Å². The Hall–Kier alpha value is -6.73. The summed E-state index contributed by atoms with van der Waals surface area (Å²) < 4.78 is 14.4. The fourth-order valence-electron chi connectivity index (χ4n) is 9.64. The molecule has 0 saturated carbocycles. The fraction of sp³-hybridized carbons (Fsp3) is 0.391. The van der Waals surface area contributed by atoms with Crippen LogP contribution in [0.15, 0.2) is 66.2 Å². The number of halogens is 1. The van der Waals surface area contributed by atoms with Crippen molar-refractivity contribution in [1.82, 2.24) is 29.9 Å². The monoisotopic (exact) mass is 905 g/mol. The van der Waals surface area contributed by atoms with Crippen molar-refractivity contribution in [2.24, 2.45) is 0 Å². The molecule has 0 aliphatic carbocycles. The lowest BCUT2D eigenvalue weighted by Gasteiger charge is -2.43. The second-order valence-electron chi connectivity index (χ2n) is 16.9. The summed E-state index contributed by atoms with van der Waals surface area (Å²) in [6.45, 7) is 4.98. The van der Waals surface area contributed by atoms with E-state index in [1.54, 1.807) is 23.6 Å². The molecule has 3 aromatic carbocycles. The highest BCUT2D eigenvalue weighted by Crippen LogP contribution is 2.38. The Morgan fingerprint density at radius 3 is 2.45 bits per heavy atom. The Balaban J connectivity index is 0.726. The van der Waals surface area contributed by atoms with Crippen molar-refractivity contribution >= 4 is 69.2 Å². The van der Waals surface area contributed by atoms with Crippen molar-refractivity contribution in [3.63, 3.8) is 0 Å². The van der Waals surface area contributed by atoms with Crippen molar-refractivity contribution in [1.29, 1.82) is 0 Å². The van der Waals surface area contributed by atoms with Gasteiger partial charge < -0.3 is 25.1 Å². The van der Waals surface area contributed by atoms with E-state index in [2.05, 4.69) is 30.7 Å². The molecule has 6 heterocycles. The van der Waals surface area contributed by atoms with Crippen LogP contribution in [0.5, 0.6) is 5.75 Å². The van der Waals surface area contributed by atoms with Gasteiger partial charge in [-0.15, -0.1) is 11.3 Å². The van der Waals surface area contributed by atoms with Gasteiger partial charge in [-0.2, -0.15) is 0 Å². The number of imide groups is 2. The summed E-state index contributed by atoms with van der Waals surface area (Å²) in [5, 5.41) is 20.9. The average Bonchev–Trinajstić information content (AvgIpc) is 4.01. The molecule has 19 heteroatoms. The van der Waals surface area contributed by atoms with Gasteiger partial charge in [0.25, 0.3) is 23.6 Å². The predicted octanol–water partition coefficient (Wildman–Crippen LogP) is 4.12. The number of anilines is 3. The zero-order valence-corrected chi connectivity index (χ0v) is 36.3. The van der Waals surface area contributed by atoms with Crippen LogP contribution in [0, 0.1) is 5.82 Å². The van der Waals surface area contributed by atoms with Gasteiger partial charge in [0, 0.05) is 105 Å². The largest absolute Gasteiger partial charge is 0.508 e. The first-order valence-corrected chi connectivity index (χ1v) is 22.8. The maximum absolute atomic E-state index is 14.4. The van der Waals surface area contributed by atoms with Gasteiger partial charge in [0.1, 0.15) is 23.7 Å². The van der Waals surface area contributed by atoms with E-state index < -0.39 is 53.3 Å². The normalized spacial score (nSPS) is 19.6. The fourth-order valence-corrected chi connectivity index (χ4v) is 10.2. The molecule has 17 nitrogen and oxygen atoms in total. The van der Waals surface area contributed by atoms with Crippen LogP contribution in [0.25, 0.3) is 0 Å². The lowest BCUT2D eigenvalue weighted by atomic mass is 10.0. The first-order valence-electron chi connectivity index (χ1n) is 21.9. The molecular weight excluding hydrogens is 858 g/mol. The van der Waals surface area contributed by atoms with Gasteiger partial charge in [-0.3, -0.25) is 54.0 Å².